The highest BCUT2D eigenvalue weighted by Gasteiger charge is 2.15. The molecule has 2 rings (SSSR count). The zero-order valence-corrected chi connectivity index (χ0v) is 11.0. The lowest BCUT2D eigenvalue weighted by molar-refractivity contribution is -0.386. The molecule has 2 aromatic rings. The van der Waals surface area contributed by atoms with E-state index in [9.17, 15) is 10.1 Å². The molecule has 0 aliphatic heterocycles. The Morgan fingerprint density at radius 1 is 1.47 bits per heavy atom. The highest BCUT2D eigenvalue weighted by molar-refractivity contribution is 6.17. The Kier molecular flexibility index (Phi) is 4.01. The summed E-state index contributed by atoms with van der Waals surface area (Å²) in [6.07, 6.45) is 3.44. The normalized spacial score (nSPS) is 10.4. The molecule has 0 aliphatic carbocycles. The highest BCUT2D eigenvalue weighted by Crippen LogP contribution is 2.29. The number of benzene rings is 1. The molecular formula is C12H12ClN3O3. The molecule has 100 valence electrons. The highest BCUT2D eigenvalue weighted by atomic mass is 35.5. The number of hydrogen-bond donors (Lipinski definition) is 0. The topological polar surface area (TPSA) is 70.2 Å². The van der Waals surface area contributed by atoms with E-state index in [0.29, 0.717) is 0 Å². The van der Waals surface area contributed by atoms with E-state index in [-0.39, 0.29) is 23.9 Å². The van der Waals surface area contributed by atoms with Crippen LogP contribution in [0.4, 0.5) is 5.69 Å². The second kappa shape index (κ2) is 5.71. The van der Waals surface area contributed by atoms with Gasteiger partial charge in [0.1, 0.15) is 6.61 Å². The second-order valence-corrected chi connectivity index (χ2v) is 4.27. The van der Waals surface area contributed by atoms with Crippen LogP contribution in [0.25, 0.3) is 0 Å². The Morgan fingerprint density at radius 2 is 2.26 bits per heavy atom. The van der Waals surface area contributed by atoms with E-state index in [1.54, 1.807) is 36.3 Å². The molecule has 1 aromatic heterocycles. The first kappa shape index (κ1) is 13.4. The largest absolute Gasteiger partial charge is 0.482 e. The first-order valence-electron chi connectivity index (χ1n) is 5.53. The smallest absolute Gasteiger partial charge is 0.310 e. The molecule has 0 radical (unpaired) electrons. The maximum absolute atomic E-state index is 10.9. The Hall–Kier alpha value is -2.08. The molecule has 0 aliphatic rings. The standard InChI is InChI=1S/C12H12ClN3O3/c1-15-7-10(6-14-15)8-19-12-4-9(5-13)2-3-11(12)16(17)18/h2-4,6-7H,5,8H2,1H3. The zero-order chi connectivity index (χ0) is 13.8. The molecule has 7 heteroatoms. The van der Waals surface area contributed by atoms with Crippen molar-refractivity contribution in [2.75, 3.05) is 0 Å². The lowest BCUT2D eigenvalue weighted by Crippen LogP contribution is -1.99. The average Bonchev–Trinajstić information content (AvgIpc) is 2.81. The average molecular weight is 282 g/mol. The molecule has 1 heterocycles. The van der Waals surface area contributed by atoms with Gasteiger partial charge in [0, 0.05) is 30.8 Å². The molecule has 0 amide bonds. The van der Waals surface area contributed by atoms with Crippen molar-refractivity contribution in [2.24, 2.45) is 7.05 Å². The fraction of sp³-hybridized carbons (Fsp3) is 0.250. The summed E-state index contributed by atoms with van der Waals surface area (Å²) in [6, 6.07) is 4.60. The van der Waals surface area contributed by atoms with E-state index < -0.39 is 4.92 Å². The summed E-state index contributed by atoms with van der Waals surface area (Å²) in [5, 5.41) is 14.9. The molecule has 0 saturated heterocycles. The minimum atomic E-state index is -0.476. The van der Waals surface area contributed by atoms with Crippen LogP contribution in [0.3, 0.4) is 0 Å². The van der Waals surface area contributed by atoms with Crippen molar-refractivity contribution in [1.29, 1.82) is 0 Å². The van der Waals surface area contributed by atoms with Gasteiger partial charge in [-0.05, 0) is 11.6 Å². The van der Waals surface area contributed by atoms with E-state index in [2.05, 4.69) is 5.10 Å². The number of nitrogens with zero attached hydrogens (tertiary/aromatic N) is 3. The molecule has 0 N–H and O–H groups in total. The van der Waals surface area contributed by atoms with Gasteiger partial charge < -0.3 is 4.74 Å². The van der Waals surface area contributed by atoms with Crippen molar-refractivity contribution < 1.29 is 9.66 Å². The van der Waals surface area contributed by atoms with Gasteiger partial charge in [0.05, 0.1) is 11.1 Å². The third-order valence-electron chi connectivity index (χ3n) is 2.53. The fourth-order valence-electron chi connectivity index (χ4n) is 1.62. The zero-order valence-electron chi connectivity index (χ0n) is 10.2. The lowest BCUT2D eigenvalue weighted by atomic mass is 10.2. The second-order valence-electron chi connectivity index (χ2n) is 4.00. The van der Waals surface area contributed by atoms with Gasteiger partial charge in [-0.2, -0.15) is 5.10 Å². The number of hydrogen-bond acceptors (Lipinski definition) is 4. The molecule has 1 aromatic carbocycles. The Bertz CT molecular complexity index is 598. The maximum atomic E-state index is 10.9. The number of aromatic nitrogens is 2. The van der Waals surface area contributed by atoms with Crippen LogP contribution >= 0.6 is 11.6 Å². The fourth-order valence-corrected chi connectivity index (χ4v) is 1.78. The van der Waals surface area contributed by atoms with E-state index >= 15 is 0 Å². The van der Waals surface area contributed by atoms with Crippen LogP contribution in [-0.4, -0.2) is 14.7 Å². The Balaban J connectivity index is 2.19. The van der Waals surface area contributed by atoms with Gasteiger partial charge in [-0.3, -0.25) is 14.8 Å². The molecule has 0 fully saturated rings. The van der Waals surface area contributed by atoms with Crippen LogP contribution in [0.15, 0.2) is 30.6 Å². The third-order valence-corrected chi connectivity index (χ3v) is 2.84. The number of halogens is 1. The van der Waals surface area contributed by atoms with Crippen molar-refractivity contribution in [3.8, 4) is 5.75 Å². The van der Waals surface area contributed by atoms with Gasteiger partial charge in [-0.1, -0.05) is 6.07 Å². The third kappa shape index (κ3) is 3.23. The van der Waals surface area contributed by atoms with Crippen molar-refractivity contribution in [3.05, 3.63) is 51.8 Å². The summed E-state index contributed by atoms with van der Waals surface area (Å²) in [6.45, 7) is 0.223. The first-order chi connectivity index (χ1) is 9.10. The van der Waals surface area contributed by atoms with Crippen LogP contribution in [0.1, 0.15) is 11.1 Å². The monoisotopic (exact) mass is 281 g/mol. The number of aryl methyl sites for hydroxylation is 1. The number of alkyl halides is 1. The predicted molar refractivity (Wildman–Crippen MR) is 70.2 cm³/mol. The van der Waals surface area contributed by atoms with Gasteiger partial charge in [0.15, 0.2) is 5.75 Å². The summed E-state index contributed by atoms with van der Waals surface area (Å²) in [4.78, 5) is 10.4. The molecule has 0 spiro atoms. The maximum Gasteiger partial charge on any atom is 0.310 e. The van der Waals surface area contributed by atoms with Crippen molar-refractivity contribution in [3.63, 3.8) is 0 Å². The van der Waals surface area contributed by atoms with Gasteiger partial charge in [0.25, 0.3) is 0 Å². The molecule has 0 saturated carbocycles. The van der Waals surface area contributed by atoms with E-state index in [1.165, 1.54) is 6.07 Å². The summed E-state index contributed by atoms with van der Waals surface area (Å²) < 4.78 is 7.13. The molecular weight excluding hydrogens is 270 g/mol. The summed E-state index contributed by atoms with van der Waals surface area (Å²) in [5.41, 5.74) is 1.54. The van der Waals surface area contributed by atoms with Crippen molar-refractivity contribution in [2.45, 2.75) is 12.5 Å². The minimum absolute atomic E-state index is 0.0715. The van der Waals surface area contributed by atoms with Gasteiger partial charge in [-0.25, -0.2) is 0 Å². The minimum Gasteiger partial charge on any atom is -0.482 e. The number of rotatable bonds is 5. The quantitative estimate of drug-likeness (QED) is 0.480. The number of ether oxygens (including phenoxy) is 1. The van der Waals surface area contributed by atoms with Crippen molar-refractivity contribution >= 4 is 17.3 Å². The first-order valence-corrected chi connectivity index (χ1v) is 6.07. The lowest BCUT2D eigenvalue weighted by Gasteiger charge is -2.06. The van der Waals surface area contributed by atoms with Crippen molar-refractivity contribution in [1.82, 2.24) is 9.78 Å². The summed E-state index contributed by atoms with van der Waals surface area (Å²) in [7, 11) is 1.79. The van der Waals surface area contributed by atoms with Crippen LogP contribution in [-0.2, 0) is 19.5 Å². The summed E-state index contributed by atoms with van der Waals surface area (Å²) >= 11 is 5.71. The number of nitro groups is 1. The van der Waals surface area contributed by atoms with Crippen LogP contribution in [0, 0.1) is 10.1 Å². The Labute approximate surface area is 114 Å². The van der Waals surface area contributed by atoms with Gasteiger partial charge in [-0.15, -0.1) is 11.6 Å². The van der Waals surface area contributed by atoms with Crippen LogP contribution in [0.2, 0.25) is 0 Å². The van der Waals surface area contributed by atoms with E-state index in [0.717, 1.165) is 11.1 Å². The number of nitro benzene ring substituents is 1. The molecule has 0 bridgehead atoms. The summed E-state index contributed by atoms with van der Waals surface area (Å²) in [5.74, 6) is 0.494. The SMILES string of the molecule is Cn1cc(COc2cc(CCl)ccc2[N+](=O)[O-])cn1. The molecule has 6 nitrogen and oxygen atoms in total. The van der Waals surface area contributed by atoms with Crippen LogP contribution in [0.5, 0.6) is 5.75 Å². The van der Waals surface area contributed by atoms with E-state index in [4.69, 9.17) is 16.3 Å². The molecule has 0 atom stereocenters. The van der Waals surface area contributed by atoms with E-state index in [1.807, 2.05) is 0 Å². The Morgan fingerprint density at radius 3 is 2.84 bits per heavy atom. The van der Waals surface area contributed by atoms with Crippen LogP contribution < -0.4 is 4.74 Å². The van der Waals surface area contributed by atoms with Gasteiger partial charge in [0.2, 0.25) is 0 Å². The molecule has 19 heavy (non-hydrogen) atoms. The van der Waals surface area contributed by atoms with Gasteiger partial charge >= 0.3 is 5.69 Å². The predicted octanol–water partition coefficient (Wildman–Crippen LogP) is 2.65. The molecule has 0 unspecified atom stereocenters.